The number of nitrogens with zero attached hydrogens (tertiary/aromatic N) is 1. The summed E-state index contributed by atoms with van der Waals surface area (Å²) in [4.78, 5) is 12.2. The van der Waals surface area contributed by atoms with E-state index < -0.39 is 10.0 Å². The number of benzene rings is 2. The van der Waals surface area contributed by atoms with Crippen LogP contribution in [-0.4, -0.2) is 33.7 Å². The molecule has 0 bridgehead atoms. The summed E-state index contributed by atoms with van der Waals surface area (Å²) in [6, 6.07) is 17.7. The second-order valence-corrected chi connectivity index (χ2v) is 9.73. The highest BCUT2D eigenvalue weighted by Crippen LogP contribution is 2.20. The average Bonchev–Trinajstić information content (AvgIpc) is 2.74. The molecule has 2 aromatic carbocycles. The molecule has 0 aliphatic heterocycles. The Bertz CT molecular complexity index is 880. The Morgan fingerprint density at radius 2 is 1.70 bits per heavy atom. The van der Waals surface area contributed by atoms with Gasteiger partial charge in [-0.25, -0.2) is 8.42 Å². The fourth-order valence-electron chi connectivity index (χ4n) is 3.33. The molecule has 0 radical (unpaired) electrons. The van der Waals surface area contributed by atoms with Crippen LogP contribution >= 0.6 is 0 Å². The van der Waals surface area contributed by atoms with Gasteiger partial charge in [0.25, 0.3) is 0 Å². The van der Waals surface area contributed by atoms with Crippen LogP contribution in [0.25, 0.3) is 0 Å². The molecule has 0 fully saturated rings. The van der Waals surface area contributed by atoms with Crippen LogP contribution < -0.4 is 9.62 Å². The molecule has 0 aliphatic rings. The quantitative estimate of drug-likeness (QED) is 0.539. The van der Waals surface area contributed by atoms with Crippen LogP contribution in [0.3, 0.4) is 0 Å². The van der Waals surface area contributed by atoms with Gasteiger partial charge >= 0.3 is 0 Å². The minimum Gasteiger partial charge on any atom is -0.356 e. The molecule has 2 rings (SSSR count). The van der Waals surface area contributed by atoms with Gasteiger partial charge in [0.2, 0.25) is 15.9 Å². The van der Waals surface area contributed by atoms with Crippen molar-refractivity contribution < 1.29 is 13.2 Å². The van der Waals surface area contributed by atoms with Gasteiger partial charge in [-0.1, -0.05) is 62.7 Å². The highest BCUT2D eigenvalue weighted by molar-refractivity contribution is 7.92. The number of hydrogen-bond acceptors (Lipinski definition) is 3. The first-order valence-corrected chi connectivity index (χ1v) is 12.5. The number of aryl methyl sites for hydroxylation is 1. The van der Waals surface area contributed by atoms with Gasteiger partial charge in [-0.3, -0.25) is 9.10 Å². The van der Waals surface area contributed by atoms with Gasteiger partial charge in [-0.15, -0.1) is 0 Å². The fourth-order valence-corrected chi connectivity index (χ4v) is 4.30. The Morgan fingerprint density at radius 3 is 2.30 bits per heavy atom. The predicted octanol–water partition coefficient (Wildman–Crippen LogP) is 4.50. The summed E-state index contributed by atoms with van der Waals surface area (Å²) in [5, 5.41) is 2.95. The molecule has 0 spiro atoms. The third kappa shape index (κ3) is 7.82. The van der Waals surface area contributed by atoms with Crippen LogP contribution in [0, 0.1) is 0 Å². The summed E-state index contributed by atoms with van der Waals surface area (Å²) in [5.74, 6) is 0.176. The third-order valence-electron chi connectivity index (χ3n) is 5.18. The molecule has 0 saturated carbocycles. The fraction of sp³-hybridized carbons (Fsp3) is 0.458. The van der Waals surface area contributed by atoms with E-state index in [1.807, 2.05) is 54.6 Å². The SMILES string of the molecule is CCCCc1ccc(N(CCCC(=O)NC[C@@H](C)c2ccccc2)S(C)(=O)=O)cc1. The molecule has 6 heteroatoms. The summed E-state index contributed by atoms with van der Waals surface area (Å²) in [6.07, 6.45) is 5.21. The molecule has 1 N–H and O–H groups in total. The van der Waals surface area contributed by atoms with Crippen LogP contribution in [-0.2, 0) is 21.2 Å². The van der Waals surface area contributed by atoms with E-state index in [4.69, 9.17) is 0 Å². The van der Waals surface area contributed by atoms with Crippen molar-refractivity contribution in [3.63, 3.8) is 0 Å². The van der Waals surface area contributed by atoms with Crippen molar-refractivity contribution in [2.24, 2.45) is 0 Å². The minimum absolute atomic E-state index is 0.0545. The molecular weight excluding hydrogens is 396 g/mol. The van der Waals surface area contributed by atoms with Crippen LogP contribution in [0.1, 0.15) is 56.6 Å². The highest BCUT2D eigenvalue weighted by atomic mass is 32.2. The van der Waals surface area contributed by atoms with Crippen molar-refractivity contribution in [1.29, 1.82) is 0 Å². The lowest BCUT2D eigenvalue weighted by Crippen LogP contribution is -2.32. The largest absolute Gasteiger partial charge is 0.356 e. The lowest BCUT2D eigenvalue weighted by Gasteiger charge is -2.22. The molecule has 0 aromatic heterocycles. The Hall–Kier alpha value is -2.34. The molecule has 5 nitrogen and oxygen atoms in total. The number of unbranched alkanes of at least 4 members (excludes halogenated alkanes) is 1. The number of amides is 1. The lowest BCUT2D eigenvalue weighted by atomic mass is 10.0. The summed E-state index contributed by atoms with van der Waals surface area (Å²) in [7, 11) is -3.41. The second-order valence-electron chi connectivity index (χ2n) is 7.82. The zero-order chi connectivity index (χ0) is 22.0. The van der Waals surface area contributed by atoms with Crippen molar-refractivity contribution >= 4 is 21.6 Å². The van der Waals surface area contributed by atoms with Gasteiger partial charge < -0.3 is 5.32 Å². The first-order valence-electron chi connectivity index (χ1n) is 10.7. The maximum absolute atomic E-state index is 12.3. The van der Waals surface area contributed by atoms with Gasteiger partial charge in [0.1, 0.15) is 0 Å². The first-order chi connectivity index (χ1) is 14.3. The molecule has 0 saturated heterocycles. The Morgan fingerprint density at radius 1 is 1.03 bits per heavy atom. The minimum atomic E-state index is -3.41. The van der Waals surface area contributed by atoms with Crippen molar-refractivity contribution in [3.8, 4) is 0 Å². The molecular formula is C24H34N2O3S. The maximum Gasteiger partial charge on any atom is 0.232 e. The van der Waals surface area contributed by atoms with E-state index in [2.05, 4.69) is 19.2 Å². The van der Waals surface area contributed by atoms with Gasteiger partial charge in [-0.05, 0) is 48.4 Å². The van der Waals surface area contributed by atoms with Crippen molar-refractivity contribution in [2.45, 2.75) is 51.9 Å². The summed E-state index contributed by atoms with van der Waals surface area (Å²) < 4.78 is 25.9. The van der Waals surface area contributed by atoms with E-state index >= 15 is 0 Å². The zero-order valence-corrected chi connectivity index (χ0v) is 19.1. The lowest BCUT2D eigenvalue weighted by molar-refractivity contribution is -0.121. The number of carbonyl (C=O) groups is 1. The smallest absolute Gasteiger partial charge is 0.232 e. The van der Waals surface area contributed by atoms with Crippen LogP contribution in [0.15, 0.2) is 54.6 Å². The number of sulfonamides is 1. The molecule has 0 unspecified atom stereocenters. The molecule has 2 aromatic rings. The molecule has 0 heterocycles. The monoisotopic (exact) mass is 430 g/mol. The van der Waals surface area contributed by atoms with E-state index in [1.165, 1.54) is 21.7 Å². The predicted molar refractivity (Wildman–Crippen MR) is 124 cm³/mol. The standard InChI is InChI=1S/C24H34N2O3S/c1-4-5-10-21-14-16-23(17-15-21)26(30(3,28)29)18-9-13-24(27)25-19-20(2)22-11-7-6-8-12-22/h6-8,11-12,14-17,20H,4-5,9-10,13,18-19H2,1-3H3,(H,25,27)/t20-/m1/s1. The number of rotatable bonds is 12. The van der Waals surface area contributed by atoms with Gasteiger partial charge in [0.05, 0.1) is 11.9 Å². The molecule has 164 valence electrons. The number of hydrogen-bond donors (Lipinski definition) is 1. The topological polar surface area (TPSA) is 66.5 Å². The van der Waals surface area contributed by atoms with Crippen LogP contribution in [0.4, 0.5) is 5.69 Å². The van der Waals surface area contributed by atoms with Gasteiger partial charge in [0.15, 0.2) is 0 Å². The Labute approximate surface area is 181 Å². The Balaban J connectivity index is 1.85. The Kier molecular flexibility index (Phi) is 9.37. The van der Waals surface area contributed by atoms with E-state index in [-0.39, 0.29) is 18.4 Å². The summed E-state index contributed by atoms with van der Waals surface area (Å²) >= 11 is 0. The van der Waals surface area contributed by atoms with Crippen LogP contribution in [0.5, 0.6) is 0 Å². The zero-order valence-electron chi connectivity index (χ0n) is 18.3. The second kappa shape index (κ2) is 11.7. The normalized spacial score (nSPS) is 12.4. The highest BCUT2D eigenvalue weighted by Gasteiger charge is 2.17. The third-order valence-corrected chi connectivity index (χ3v) is 6.38. The summed E-state index contributed by atoms with van der Waals surface area (Å²) in [6.45, 7) is 5.08. The van der Waals surface area contributed by atoms with Crippen molar-refractivity contribution in [1.82, 2.24) is 5.32 Å². The van der Waals surface area contributed by atoms with E-state index in [0.29, 0.717) is 25.1 Å². The molecule has 30 heavy (non-hydrogen) atoms. The van der Waals surface area contributed by atoms with E-state index in [9.17, 15) is 13.2 Å². The summed E-state index contributed by atoms with van der Waals surface area (Å²) in [5.41, 5.74) is 3.04. The van der Waals surface area contributed by atoms with Crippen molar-refractivity contribution in [3.05, 3.63) is 65.7 Å². The van der Waals surface area contributed by atoms with Gasteiger partial charge in [0, 0.05) is 19.5 Å². The first kappa shape index (κ1) is 23.9. The number of anilines is 1. The molecule has 1 atom stereocenters. The average molecular weight is 431 g/mol. The number of carbonyl (C=O) groups excluding carboxylic acids is 1. The molecule has 0 aliphatic carbocycles. The van der Waals surface area contributed by atoms with E-state index in [1.54, 1.807) is 0 Å². The molecule has 1 amide bonds. The number of nitrogens with one attached hydrogen (secondary N) is 1. The van der Waals surface area contributed by atoms with Crippen LogP contribution in [0.2, 0.25) is 0 Å². The van der Waals surface area contributed by atoms with Gasteiger partial charge in [-0.2, -0.15) is 0 Å². The van der Waals surface area contributed by atoms with E-state index in [0.717, 1.165) is 19.3 Å². The van der Waals surface area contributed by atoms with Crippen molar-refractivity contribution in [2.75, 3.05) is 23.7 Å². The maximum atomic E-state index is 12.3.